The van der Waals surface area contributed by atoms with Gasteiger partial charge in [0.25, 0.3) is 0 Å². The zero-order valence-corrected chi connectivity index (χ0v) is 12.6. The van der Waals surface area contributed by atoms with Gasteiger partial charge in [0.15, 0.2) is 0 Å². The van der Waals surface area contributed by atoms with Crippen molar-refractivity contribution in [2.75, 3.05) is 11.5 Å². The maximum Gasteiger partial charge on any atom is 0.144 e. The van der Waals surface area contributed by atoms with E-state index in [9.17, 15) is 0 Å². The number of nitrogens with zero attached hydrogens (tertiary/aromatic N) is 2. The number of rotatable bonds is 2. The van der Waals surface area contributed by atoms with Crippen molar-refractivity contribution in [2.24, 2.45) is 0 Å². The number of aromatic nitrogens is 2. The van der Waals surface area contributed by atoms with Crippen molar-refractivity contribution in [3.63, 3.8) is 0 Å². The molecule has 1 atom stereocenters. The second-order valence-electron chi connectivity index (χ2n) is 4.80. The molecule has 0 aromatic carbocycles. The number of halogens is 1. The van der Waals surface area contributed by atoms with Crippen molar-refractivity contribution in [3.05, 3.63) is 15.1 Å². The van der Waals surface area contributed by atoms with Gasteiger partial charge in [-0.2, -0.15) is 11.8 Å². The fourth-order valence-corrected chi connectivity index (χ4v) is 4.14. The normalized spacial score (nSPS) is 24.9. The molecule has 2 fully saturated rings. The molecular formula is C12H16IN3S. The Morgan fingerprint density at radius 2 is 2.00 bits per heavy atom. The lowest BCUT2D eigenvalue weighted by Gasteiger charge is -2.21. The fourth-order valence-electron chi connectivity index (χ4n) is 2.22. The molecule has 1 unspecified atom stereocenters. The number of hydrogen-bond donors (Lipinski definition) is 1. The van der Waals surface area contributed by atoms with Gasteiger partial charge in [0.1, 0.15) is 11.6 Å². The molecule has 0 bridgehead atoms. The first-order valence-electron chi connectivity index (χ1n) is 6.20. The molecule has 1 aromatic rings. The number of hydrogen-bond acceptors (Lipinski definition) is 4. The van der Waals surface area contributed by atoms with Gasteiger partial charge in [-0.05, 0) is 54.0 Å². The van der Waals surface area contributed by atoms with Gasteiger partial charge in [-0.1, -0.05) is 6.42 Å². The van der Waals surface area contributed by atoms with E-state index in [1.54, 1.807) is 0 Å². The van der Waals surface area contributed by atoms with Crippen LogP contribution in [-0.2, 0) is 0 Å². The summed E-state index contributed by atoms with van der Waals surface area (Å²) in [5, 5.41) is 0.473. The van der Waals surface area contributed by atoms with Crippen molar-refractivity contribution in [3.8, 4) is 0 Å². The molecule has 3 rings (SSSR count). The van der Waals surface area contributed by atoms with Gasteiger partial charge in [0.2, 0.25) is 0 Å². The van der Waals surface area contributed by atoms with Crippen LogP contribution in [-0.4, -0.2) is 15.7 Å². The predicted molar refractivity (Wildman–Crippen MR) is 80.2 cm³/mol. The summed E-state index contributed by atoms with van der Waals surface area (Å²) in [4.78, 5) is 9.30. The molecule has 5 heteroatoms. The van der Waals surface area contributed by atoms with Gasteiger partial charge in [-0.15, -0.1) is 0 Å². The summed E-state index contributed by atoms with van der Waals surface area (Å²) in [6, 6.07) is 0. The largest absolute Gasteiger partial charge is 0.383 e. The molecule has 2 N–H and O–H groups in total. The van der Waals surface area contributed by atoms with Crippen LogP contribution in [0.25, 0.3) is 0 Å². The lowest BCUT2D eigenvalue weighted by Crippen LogP contribution is -2.11. The van der Waals surface area contributed by atoms with E-state index in [-0.39, 0.29) is 0 Å². The third-order valence-corrected chi connectivity index (χ3v) is 5.83. The van der Waals surface area contributed by atoms with E-state index in [4.69, 9.17) is 10.7 Å². The van der Waals surface area contributed by atoms with E-state index in [0.717, 1.165) is 9.39 Å². The van der Waals surface area contributed by atoms with Crippen LogP contribution in [0.5, 0.6) is 0 Å². The monoisotopic (exact) mass is 361 g/mol. The van der Waals surface area contributed by atoms with Crippen LogP contribution >= 0.6 is 34.4 Å². The molecule has 2 heterocycles. The highest BCUT2D eigenvalue weighted by atomic mass is 127. The molecule has 1 saturated heterocycles. The first-order valence-corrected chi connectivity index (χ1v) is 8.33. The highest BCUT2D eigenvalue weighted by Gasteiger charge is 2.30. The highest BCUT2D eigenvalue weighted by Crippen LogP contribution is 2.44. The molecule has 0 amide bonds. The number of anilines is 1. The second kappa shape index (κ2) is 4.91. The Labute approximate surface area is 120 Å². The Morgan fingerprint density at radius 1 is 1.18 bits per heavy atom. The minimum Gasteiger partial charge on any atom is -0.383 e. The average Bonchev–Trinajstić information content (AvgIpc) is 3.18. The maximum atomic E-state index is 6.03. The van der Waals surface area contributed by atoms with Crippen LogP contribution in [0, 0.1) is 3.57 Å². The summed E-state index contributed by atoms with van der Waals surface area (Å²) in [5.41, 5.74) is 7.23. The molecule has 1 aliphatic carbocycles. The molecule has 0 spiro atoms. The maximum absolute atomic E-state index is 6.03. The lowest BCUT2D eigenvalue weighted by molar-refractivity contribution is 0.658. The van der Waals surface area contributed by atoms with E-state index >= 15 is 0 Å². The van der Waals surface area contributed by atoms with Gasteiger partial charge in [0, 0.05) is 5.92 Å². The van der Waals surface area contributed by atoms with Gasteiger partial charge >= 0.3 is 0 Å². The SMILES string of the molecule is Nc1nc(C2CCCCS2)nc(C2CC2)c1I. The Morgan fingerprint density at radius 3 is 2.65 bits per heavy atom. The van der Waals surface area contributed by atoms with Crippen molar-refractivity contribution < 1.29 is 0 Å². The molecule has 1 aliphatic heterocycles. The van der Waals surface area contributed by atoms with Gasteiger partial charge < -0.3 is 5.73 Å². The highest BCUT2D eigenvalue weighted by molar-refractivity contribution is 14.1. The quantitative estimate of drug-likeness (QED) is 0.820. The molecule has 17 heavy (non-hydrogen) atoms. The molecule has 3 nitrogen and oxygen atoms in total. The van der Waals surface area contributed by atoms with Crippen molar-refractivity contribution in [2.45, 2.75) is 43.3 Å². The van der Waals surface area contributed by atoms with Gasteiger partial charge in [-0.3, -0.25) is 0 Å². The molecule has 92 valence electrons. The lowest BCUT2D eigenvalue weighted by atomic mass is 10.1. The summed E-state index contributed by atoms with van der Waals surface area (Å²) < 4.78 is 1.08. The second-order valence-corrected chi connectivity index (χ2v) is 7.19. The van der Waals surface area contributed by atoms with E-state index in [1.807, 2.05) is 11.8 Å². The third kappa shape index (κ3) is 2.54. The Hall–Kier alpha value is -0.0400. The zero-order chi connectivity index (χ0) is 11.8. The number of thioether (sulfide) groups is 1. The van der Waals surface area contributed by atoms with Crippen LogP contribution < -0.4 is 5.73 Å². The minimum absolute atomic E-state index is 0.473. The molecule has 1 aromatic heterocycles. The number of nitrogens with two attached hydrogens (primary N) is 1. The van der Waals surface area contributed by atoms with Crippen LogP contribution in [0.4, 0.5) is 5.82 Å². The predicted octanol–water partition coefficient (Wildman–Crippen LogP) is 3.50. The Kier molecular flexibility index (Phi) is 3.47. The summed E-state index contributed by atoms with van der Waals surface area (Å²) in [5.74, 6) is 3.55. The van der Waals surface area contributed by atoms with Crippen LogP contribution in [0.2, 0.25) is 0 Å². The molecule has 2 aliphatic rings. The van der Waals surface area contributed by atoms with Crippen LogP contribution in [0.15, 0.2) is 0 Å². The third-order valence-electron chi connectivity index (χ3n) is 3.35. The first kappa shape index (κ1) is 12.0. The van der Waals surface area contributed by atoms with E-state index in [0.29, 0.717) is 17.0 Å². The van der Waals surface area contributed by atoms with E-state index in [2.05, 4.69) is 27.6 Å². The van der Waals surface area contributed by atoms with Gasteiger partial charge in [-0.25, -0.2) is 9.97 Å². The molecule has 1 saturated carbocycles. The standard InChI is InChI=1S/C12H16IN3S/c13-9-10(7-4-5-7)15-12(16-11(9)14)8-3-1-2-6-17-8/h7-8H,1-6H2,(H2,14,15,16). The van der Waals surface area contributed by atoms with Crippen molar-refractivity contribution in [1.29, 1.82) is 0 Å². The Bertz CT molecular complexity index is 428. The first-order chi connectivity index (χ1) is 8.25. The molecule has 0 radical (unpaired) electrons. The topological polar surface area (TPSA) is 51.8 Å². The van der Waals surface area contributed by atoms with Crippen LogP contribution in [0.1, 0.15) is 54.8 Å². The molecular weight excluding hydrogens is 345 g/mol. The summed E-state index contributed by atoms with van der Waals surface area (Å²) >= 11 is 4.28. The van der Waals surface area contributed by atoms with Gasteiger partial charge in [0.05, 0.1) is 14.5 Å². The smallest absolute Gasteiger partial charge is 0.144 e. The fraction of sp³-hybridized carbons (Fsp3) is 0.667. The van der Waals surface area contributed by atoms with E-state index in [1.165, 1.54) is 43.6 Å². The summed E-state index contributed by atoms with van der Waals surface area (Å²) in [6.45, 7) is 0. The number of nitrogen functional groups attached to an aromatic ring is 1. The minimum atomic E-state index is 0.473. The Balaban J connectivity index is 1.93. The van der Waals surface area contributed by atoms with E-state index < -0.39 is 0 Å². The average molecular weight is 361 g/mol. The van der Waals surface area contributed by atoms with Crippen LogP contribution in [0.3, 0.4) is 0 Å². The van der Waals surface area contributed by atoms with Crippen molar-refractivity contribution in [1.82, 2.24) is 9.97 Å². The zero-order valence-electron chi connectivity index (χ0n) is 9.66. The van der Waals surface area contributed by atoms with Crippen molar-refractivity contribution >= 4 is 40.2 Å². The summed E-state index contributed by atoms with van der Waals surface area (Å²) in [7, 11) is 0. The summed E-state index contributed by atoms with van der Waals surface area (Å²) in [6.07, 6.45) is 6.37.